The summed E-state index contributed by atoms with van der Waals surface area (Å²) in [5.74, 6) is -2.32. The van der Waals surface area contributed by atoms with Gasteiger partial charge in [0.15, 0.2) is 23.1 Å². The van der Waals surface area contributed by atoms with Gasteiger partial charge in [-0.15, -0.1) is 12.0 Å². The molecule has 0 radical (unpaired) electrons. The van der Waals surface area contributed by atoms with Crippen molar-refractivity contribution in [2.45, 2.75) is 34.6 Å². The smallest absolute Gasteiger partial charge is 0.877 e. The number of rotatable bonds is 4. The first-order valence-corrected chi connectivity index (χ1v) is 5.29. The summed E-state index contributed by atoms with van der Waals surface area (Å²) in [5, 5.41) is 20.5. The summed E-state index contributed by atoms with van der Waals surface area (Å²) in [6.45, 7) is 5.99. The molecule has 0 N–H and O–H groups in total. The van der Waals surface area contributed by atoms with E-state index in [0.29, 0.717) is 0 Å². The predicted octanol–water partition coefficient (Wildman–Crippen LogP) is -0.795. The first-order chi connectivity index (χ1) is 8.56. The van der Waals surface area contributed by atoms with Gasteiger partial charge in [-0.05, 0) is 27.7 Å². The van der Waals surface area contributed by atoms with E-state index in [4.69, 9.17) is 0 Å². The Morgan fingerprint density at radius 2 is 1.05 bits per heavy atom. The maximum atomic E-state index is 10.5. The van der Waals surface area contributed by atoms with Crippen molar-refractivity contribution in [1.29, 1.82) is 0 Å². The summed E-state index contributed by atoms with van der Waals surface area (Å²) < 4.78 is 0. The van der Waals surface area contributed by atoms with Crippen LogP contribution in [0.5, 0.6) is 0 Å². The van der Waals surface area contributed by atoms with E-state index in [2.05, 4.69) is 0 Å². The van der Waals surface area contributed by atoms with Crippen molar-refractivity contribution in [3.05, 3.63) is 23.2 Å². The van der Waals surface area contributed by atoms with Crippen molar-refractivity contribution in [1.82, 2.24) is 0 Å². The summed E-state index contributed by atoms with van der Waals surface area (Å²) in [6, 6.07) is 0. The molecule has 0 atom stereocenters. The monoisotopic (exact) mass is 326 g/mol. The van der Waals surface area contributed by atoms with Gasteiger partial charge in [-0.25, -0.2) is 0 Å². The number of carbonyl (C=O) groups is 4. The summed E-state index contributed by atoms with van der Waals surface area (Å²) >= 11 is 0. The number of hydrogen-bond donors (Lipinski definition) is 0. The minimum Gasteiger partial charge on any atom is -0.877 e. The van der Waals surface area contributed by atoms with Crippen LogP contribution in [0.2, 0.25) is 0 Å². The average Bonchev–Trinajstić information content (AvgIpc) is 2.15. The van der Waals surface area contributed by atoms with Crippen LogP contribution >= 0.6 is 0 Å². The van der Waals surface area contributed by atoms with Crippen molar-refractivity contribution in [2.24, 2.45) is 0 Å². The second-order valence-electron chi connectivity index (χ2n) is 3.69. The van der Waals surface area contributed by atoms with E-state index < -0.39 is 28.9 Å². The number of hydrogen-bond acceptors (Lipinski definition) is 6. The molecular weight excluding hydrogens is 311 g/mol. The van der Waals surface area contributed by atoms with E-state index in [-0.39, 0.29) is 33.9 Å². The van der Waals surface area contributed by atoms with Gasteiger partial charge in [-0.2, -0.15) is 0 Å². The molecule has 0 fully saturated rings. The normalized spacial score (nSPS) is 8.05. The first kappa shape index (κ1) is 23.4. The zero-order chi connectivity index (χ0) is 15.7. The zero-order valence-corrected chi connectivity index (χ0v) is 12.8. The predicted molar refractivity (Wildman–Crippen MR) is 63.5 cm³/mol. The van der Waals surface area contributed by atoms with Crippen molar-refractivity contribution < 1.29 is 45.9 Å². The minimum absolute atomic E-state index is 0. The Hall–Kier alpha value is -1.75. The van der Waals surface area contributed by atoms with E-state index in [1.807, 2.05) is 0 Å². The van der Waals surface area contributed by atoms with Crippen molar-refractivity contribution in [3.8, 4) is 0 Å². The number of ketones is 4. The van der Waals surface area contributed by atoms with Crippen LogP contribution in [0.1, 0.15) is 34.6 Å². The van der Waals surface area contributed by atoms with E-state index in [0.717, 1.165) is 0 Å². The molecule has 0 saturated heterocycles. The summed E-state index contributed by atoms with van der Waals surface area (Å²) in [7, 11) is 0. The average molecular weight is 327 g/mol. The molecule has 0 aromatic heterocycles. The van der Waals surface area contributed by atoms with Crippen molar-refractivity contribution in [3.63, 3.8) is 0 Å². The molecule has 0 saturated carbocycles. The number of carbonyl (C=O) groups excluding carboxylic acids is 4. The first-order valence-electron chi connectivity index (χ1n) is 5.29. The van der Waals surface area contributed by atoms with Gasteiger partial charge < -0.3 is 10.2 Å². The van der Waals surface area contributed by atoms with Gasteiger partial charge in [0.2, 0.25) is 0 Å². The minimum atomic E-state index is -0.475. The largest absolute Gasteiger partial charge is 2.00 e. The van der Waals surface area contributed by atoms with Gasteiger partial charge in [0.25, 0.3) is 0 Å². The van der Waals surface area contributed by atoms with Crippen LogP contribution < -0.4 is 10.2 Å². The second-order valence-corrected chi connectivity index (χ2v) is 3.69. The van der Waals surface area contributed by atoms with Crippen LogP contribution in [0.15, 0.2) is 23.2 Å². The summed E-state index contributed by atoms with van der Waals surface area (Å²) in [4.78, 5) is 41.8. The quantitative estimate of drug-likeness (QED) is 0.220. The molecule has 0 amide bonds. The molecule has 0 aromatic rings. The van der Waals surface area contributed by atoms with Crippen LogP contribution in [0, 0.1) is 0 Å². The molecule has 7 heteroatoms. The topological polar surface area (TPSA) is 114 Å². The van der Waals surface area contributed by atoms with E-state index in [9.17, 15) is 29.4 Å². The Balaban J connectivity index is -0.000000277. The Labute approximate surface area is 127 Å². The second kappa shape index (κ2) is 11.1. The van der Waals surface area contributed by atoms with Gasteiger partial charge >= 0.3 is 16.5 Å². The third kappa shape index (κ3) is 9.22. The standard InChI is InChI=1S/C7H10O3.C6H8O3.Ni/c1-4(8)7(5(2)9)6(3)10;1-4(8)6(3-7)5(2)9;/h8H,1-3H3;3,7H,1-2H3;/q;;+2/p-2. The molecule has 0 heterocycles. The molecule has 0 aliphatic heterocycles. The molecule has 114 valence electrons. The van der Waals surface area contributed by atoms with Crippen LogP contribution in [-0.2, 0) is 35.7 Å². The fourth-order valence-electron chi connectivity index (χ4n) is 1.16. The Morgan fingerprint density at radius 3 is 1.05 bits per heavy atom. The van der Waals surface area contributed by atoms with E-state index >= 15 is 0 Å². The van der Waals surface area contributed by atoms with Gasteiger partial charge in [0, 0.05) is 11.1 Å². The molecular formula is C13H16NiO6. The molecule has 20 heavy (non-hydrogen) atoms. The third-order valence-corrected chi connectivity index (χ3v) is 1.93. The zero-order valence-electron chi connectivity index (χ0n) is 11.8. The summed E-state index contributed by atoms with van der Waals surface area (Å²) in [6.07, 6.45) is 0.282. The molecule has 6 nitrogen and oxygen atoms in total. The fraction of sp³-hybridized carbons (Fsp3) is 0.385. The van der Waals surface area contributed by atoms with E-state index in [1.165, 1.54) is 34.6 Å². The van der Waals surface area contributed by atoms with Crippen molar-refractivity contribution >= 4 is 23.1 Å². The van der Waals surface area contributed by atoms with Gasteiger partial charge in [0.1, 0.15) is 0 Å². The maximum Gasteiger partial charge on any atom is 2.00 e. The molecule has 0 aliphatic rings. The van der Waals surface area contributed by atoms with Gasteiger partial charge in [0.05, 0.1) is 0 Å². The van der Waals surface area contributed by atoms with Crippen LogP contribution in [0.4, 0.5) is 0 Å². The maximum absolute atomic E-state index is 10.5. The molecule has 0 unspecified atom stereocenters. The number of Topliss-reactive ketones (excluding diaryl/α,β-unsaturated/α-hetero) is 4. The van der Waals surface area contributed by atoms with Crippen LogP contribution in [-0.4, -0.2) is 23.1 Å². The molecule has 0 rings (SSSR count). The molecule has 0 aliphatic carbocycles. The molecule has 0 bridgehead atoms. The Morgan fingerprint density at radius 1 is 0.750 bits per heavy atom. The van der Waals surface area contributed by atoms with Crippen LogP contribution in [0.3, 0.4) is 0 Å². The van der Waals surface area contributed by atoms with Crippen molar-refractivity contribution in [2.75, 3.05) is 0 Å². The SMILES string of the molecule is CC(=O)C(=C[O-])C(C)=O.CC(=O)C(C(C)=O)=C(C)[O-].[Ni+2]. The van der Waals surface area contributed by atoms with Crippen LogP contribution in [0.25, 0.3) is 0 Å². The van der Waals surface area contributed by atoms with E-state index in [1.54, 1.807) is 0 Å². The van der Waals surface area contributed by atoms with Gasteiger partial charge in [-0.3, -0.25) is 19.2 Å². The fourth-order valence-corrected chi connectivity index (χ4v) is 1.16. The molecule has 0 spiro atoms. The number of allylic oxidation sites excluding steroid dienone is 3. The summed E-state index contributed by atoms with van der Waals surface area (Å²) in [5.41, 5.74) is -0.491. The molecule has 0 aromatic carbocycles. The Kier molecular flexibility index (Phi) is 13.0. The Bertz CT molecular complexity index is 423. The third-order valence-electron chi connectivity index (χ3n) is 1.93. The van der Waals surface area contributed by atoms with Gasteiger partial charge in [-0.1, -0.05) is 6.92 Å².